The van der Waals surface area contributed by atoms with E-state index in [0.717, 1.165) is 62.8 Å². The van der Waals surface area contributed by atoms with Crippen LogP contribution in [-0.2, 0) is 11.3 Å². The van der Waals surface area contributed by atoms with E-state index < -0.39 is 5.54 Å². The number of rotatable bonds is 4. The molecule has 1 unspecified atom stereocenters. The van der Waals surface area contributed by atoms with Gasteiger partial charge in [-0.05, 0) is 56.9 Å². The molecule has 2 aliphatic carbocycles. The molecule has 3 heterocycles. The van der Waals surface area contributed by atoms with Crippen molar-refractivity contribution in [3.8, 4) is 11.5 Å². The van der Waals surface area contributed by atoms with Gasteiger partial charge in [-0.3, -0.25) is 9.59 Å². The molecule has 2 amide bonds. The van der Waals surface area contributed by atoms with E-state index in [4.69, 9.17) is 4.42 Å². The zero-order valence-corrected chi connectivity index (χ0v) is 19.9. The molecule has 0 aromatic carbocycles. The van der Waals surface area contributed by atoms with E-state index in [1.54, 1.807) is 6.26 Å². The van der Waals surface area contributed by atoms with Crippen LogP contribution in [0.25, 0.3) is 11.5 Å². The fourth-order valence-electron chi connectivity index (χ4n) is 6.23. The molecule has 2 fully saturated rings. The van der Waals surface area contributed by atoms with Gasteiger partial charge >= 0.3 is 0 Å². The smallest absolute Gasteiger partial charge is 0.271 e. The van der Waals surface area contributed by atoms with Crippen LogP contribution >= 0.6 is 0 Å². The van der Waals surface area contributed by atoms with Crippen LogP contribution in [0.3, 0.4) is 0 Å². The summed E-state index contributed by atoms with van der Waals surface area (Å²) in [6.07, 6.45) is 15.2. The topological polar surface area (TPSA) is 67.5 Å². The lowest BCUT2D eigenvalue weighted by molar-refractivity contribution is -0.135. The molecule has 3 aliphatic rings. The van der Waals surface area contributed by atoms with Crippen molar-refractivity contribution in [2.24, 2.45) is 0 Å². The van der Waals surface area contributed by atoms with Crippen molar-refractivity contribution in [1.29, 1.82) is 0 Å². The maximum absolute atomic E-state index is 14.0. The molecule has 1 aliphatic heterocycles. The fourth-order valence-corrected chi connectivity index (χ4v) is 6.23. The molecule has 0 bridgehead atoms. The molecule has 0 radical (unpaired) electrons. The third kappa shape index (κ3) is 4.24. The van der Waals surface area contributed by atoms with E-state index >= 15 is 0 Å². The molecule has 6 heteroatoms. The summed E-state index contributed by atoms with van der Waals surface area (Å²) in [5, 5.41) is 3.39. The van der Waals surface area contributed by atoms with E-state index in [2.05, 4.69) is 5.32 Å². The van der Waals surface area contributed by atoms with E-state index in [9.17, 15) is 9.59 Å². The Kier molecular flexibility index (Phi) is 6.35. The molecule has 1 atom stereocenters. The number of carbonyl (C=O) groups excluding carboxylic acids is 2. The summed E-state index contributed by atoms with van der Waals surface area (Å²) in [5.74, 6) is 0.695. The normalized spacial score (nSPS) is 25.4. The van der Waals surface area contributed by atoms with Crippen LogP contribution in [-0.4, -0.2) is 38.9 Å². The molecule has 1 N–H and O–H groups in total. The molecule has 2 aromatic heterocycles. The summed E-state index contributed by atoms with van der Waals surface area (Å²) in [6, 6.07) is 7.93. The van der Waals surface area contributed by atoms with Gasteiger partial charge < -0.3 is 19.2 Å². The Balaban J connectivity index is 1.49. The largest absolute Gasteiger partial charge is 0.463 e. The van der Waals surface area contributed by atoms with Gasteiger partial charge in [0.15, 0.2) is 0 Å². The van der Waals surface area contributed by atoms with E-state index in [1.165, 1.54) is 25.7 Å². The van der Waals surface area contributed by atoms with Gasteiger partial charge in [0.2, 0.25) is 5.91 Å². The highest BCUT2D eigenvalue weighted by molar-refractivity contribution is 6.00. The average molecular weight is 452 g/mol. The first kappa shape index (κ1) is 22.3. The van der Waals surface area contributed by atoms with Crippen molar-refractivity contribution in [2.45, 2.75) is 108 Å². The van der Waals surface area contributed by atoms with Crippen molar-refractivity contribution in [1.82, 2.24) is 14.8 Å². The van der Waals surface area contributed by atoms with Gasteiger partial charge in [-0.25, -0.2) is 0 Å². The summed E-state index contributed by atoms with van der Waals surface area (Å²) < 4.78 is 7.65. The van der Waals surface area contributed by atoms with Crippen LogP contribution in [0.2, 0.25) is 0 Å². The number of fused-ring (bicyclic) bond motifs is 1. The Labute approximate surface area is 196 Å². The highest BCUT2D eigenvalue weighted by Crippen LogP contribution is 2.38. The molecule has 0 saturated heterocycles. The number of nitrogens with one attached hydrogen (secondary N) is 1. The molecule has 178 valence electrons. The lowest BCUT2D eigenvalue weighted by Gasteiger charge is -2.49. The molecule has 2 aromatic rings. The Morgan fingerprint density at radius 2 is 1.58 bits per heavy atom. The third-order valence-electron chi connectivity index (χ3n) is 8.06. The first-order valence-corrected chi connectivity index (χ1v) is 13.0. The first-order valence-electron chi connectivity index (χ1n) is 13.0. The Hall–Kier alpha value is -2.50. The Morgan fingerprint density at radius 3 is 2.27 bits per heavy atom. The van der Waals surface area contributed by atoms with E-state index in [0.29, 0.717) is 12.2 Å². The number of carbonyl (C=O) groups is 2. The minimum absolute atomic E-state index is 0.00302. The zero-order chi connectivity index (χ0) is 22.8. The van der Waals surface area contributed by atoms with Gasteiger partial charge in [-0.2, -0.15) is 0 Å². The van der Waals surface area contributed by atoms with Crippen molar-refractivity contribution in [2.75, 3.05) is 0 Å². The van der Waals surface area contributed by atoms with Crippen LogP contribution < -0.4 is 5.32 Å². The number of hydrogen-bond donors (Lipinski definition) is 1. The van der Waals surface area contributed by atoms with Crippen LogP contribution in [0.4, 0.5) is 0 Å². The molecule has 0 spiro atoms. The highest BCUT2D eigenvalue weighted by atomic mass is 16.3. The standard InChI is InChI=1S/C27H37N3O3/c1-27(26(32)28-20-11-6-3-2-4-7-12-20)19-29-22(24-15-10-18-33-24)16-17-23(29)25(31)30(27)21-13-8-5-9-14-21/h10,15-18,20-21H,2-9,11-14,19H2,1H3,(H,28,32). The molecular weight excluding hydrogens is 414 g/mol. The summed E-state index contributed by atoms with van der Waals surface area (Å²) in [7, 11) is 0. The van der Waals surface area contributed by atoms with Gasteiger partial charge in [0.05, 0.1) is 18.5 Å². The van der Waals surface area contributed by atoms with E-state index in [-0.39, 0.29) is 23.9 Å². The second-order valence-electron chi connectivity index (χ2n) is 10.4. The van der Waals surface area contributed by atoms with Crippen LogP contribution in [0.1, 0.15) is 94.5 Å². The average Bonchev–Trinajstić information content (AvgIpc) is 3.46. The van der Waals surface area contributed by atoms with Gasteiger partial charge in [-0.1, -0.05) is 51.4 Å². The maximum atomic E-state index is 14.0. The van der Waals surface area contributed by atoms with Gasteiger partial charge in [0.25, 0.3) is 5.91 Å². The van der Waals surface area contributed by atoms with Gasteiger partial charge in [-0.15, -0.1) is 0 Å². The molecule has 33 heavy (non-hydrogen) atoms. The lowest BCUT2D eigenvalue weighted by atomic mass is 9.86. The number of nitrogens with zero attached hydrogens (tertiary/aromatic N) is 2. The minimum atomic E-state index is -0.922. The predicted octanol–water partition coefficient (Wildman–Crippen LogP) is 5.52. The van der Waals surface area contributed by atoms with E-state index in [1.807, 2.05) is 40.7 Å². The number of aromatic nitrogens is 1. The van der Waals surface area contributed by atoms with Gasteiger partial charge in [0.1, 0.15) is 17.0 Å². The van der Waals surface area contributed by atoms with Crippen molar-refractivity contribution in [3.63, 3.8) is 0 Å². The number of hydrogen-bond acceptors (Lipinski definition) is 3. The quantitative estimate of drug-likeness (QED) is 0.665. The molecule has 6 nitrogen and oxygen atoms in total. The second-order valence-corrected chi connectivity index (χ2v) is 10.4. The summed E-state index contributed by atoms with van der Waals surface area (Å²) >= 11 is 0. The minimum Gasteiger partial charge on any atom is -0.463 e. The van der Waals surface area contributed by atoms with Gasteiger partial charge in [0, 0.05) is 12.1 Å². The molecule has 5 rings (SSSR count). The lowest BCUT2D eigenvalue weighted by Crippen LogP contribution is -2.67. The van der Waals surface area contributed by atoms with Crippen molar-refractivity contribution < 1.29 is 14.0 Å². The monoisotopic (exact) mass is 451 g/mol. The van der Waals surface area contributed by atoms with Crippen LogP contribution in [0.15, 0.2) is 34.9 Å². The van der Waals surface area contributed by atoms with Crippen LogP contribution in [0, 0.1) is 0 Å². The summed E-state index contributed by atoms with van der Waals surface area (Å²) in [6.45, 7) is 2.43. The summed E-state index contributed by atoms with van der Waals surface area (Å²) in [5.41, 5.74) is 0.592. The number of furan rings is 1. The highest BCUT2D eigenvalue weighted by Gasteiger charge is 2.50. The Morgan fingerprint density at radius 1 is 0.939 bits per heavy atom. The number of amides is 2. The predicted molar refractivity (Wildman–Crippen MR) is 128 cm³/mol. The SMILES string of the molecule is CC1(C(=O)NC2CCCCCCC2)Cn2c(ccc2-c2ccco2)C(=O)N1C1CCCCC1. The maximum Gasteiger partial charge on any atom is 0.271 e. The molecular formula is C27H37N3O3. The van der Waals surface area contributed by atoms with Crippen LogP contribution in [0.5, 0.6) is 0 Å². The summed E-state index contributed by atoms with van der Waals surface area (Å²) in [4.78, 5) is 29.8. The van der Waals surface area contributed by atoms with Crippen molar-refractivity contribution >= 4 is 11.8 Å². The van der Waals surface area contributed by atoms with Crippen molar-refractivity contribution in [3.05, 3.63) is 36.2 Å². The third-order valence-corrected chi connectivity index (χ3v) is 8.06. The zero-order valence-electron chi connectivity index (χ0n) is 19.9. The fraction of sp³-hybridized carbons (Fsp3) is 0.630. The second kappa shape index (κ2) is 9.40. The first-order chi connectivity index (χ1) is 16.1. The Bertz CT molecular complexity index is 965. The molecule has 2 saturated carbocycles.